The summed E-state index contributed by atoms with van der Waals surface area (Å²) in [6, 6.07) is 24.1. The zero-order chi connectivity index (χ0) is 21.5. The Morgan fingerprint density at radius 1 is 1.06 bits per heavy atom. The van der Waals surface area contributed by atoms with E-state index in [1.54, 1.807) is 6.20 Å². The number of carbonyl (C=O) groups is 1. The molecular weight excluding hydrogens is 386 g/mol. The van der Waals surface area contributed by atoms with Gasteiger partial charge in [-0.3, -0.25) is 14.7 Å². The number of hydrogen-bond donors (Lipinski definition) is 1. The van der Waals surface area contributed by atoms with Crippen LogP contribution in [0.25, 0.3) is 0 Å². The van der Waals surface area contributed by atoms with Gasteiger partial charge < -0.3 is 10.1 Å². The molecular formula is C26H29N3O2. The van der Waals surface area contributed by atoms with Crippen LogP contribution >= 0.6 is 0 Å². The van der Waals surface area contributed by atoms with Crippen LogP contribution in [0.15, 0.2) is 79.0 Å². The molecule has 1 saturated heterocycles. The second-order valence-corrected chi connectivity index (χ2v) is 8.15. The fraction of sp³-hybridized carbons (Fsp3) is 0.308. The van der Waals surface area contributed by atoms with Crippen molar-refractivity contribution >= 4 is 5.91 Å². The number of hydrogen-bond acceptors (Lipinski definition) is 4. The average Bonchev–Trinajstić information content (AvgIpc) is 2.80. The van der Waals surface area contributed by atoms with Crippen molar-refractivity contribution in [2.75, 3.05) is 19.7 Å². The molecule has 0 saturated carbocycles. The normalized spacial score (nSPS) is 19.1. The molecule has 1 amide bonds. The number of aryl methyl sites for hydroxylation is 1. The van der Waals surface area contributed by atoms with E-state index in [1.807, 2.05) is 48.5 Å². The number of amides is 1. The first-order chi connectivity index (χ1) is 15.1. The monoisotopic (exact) mass is 415 g/mol. The highest BCUT2D eigenvalue weighted by Crippen LogP contribution is 2.25. The van der Waals surface area contributed by atoms with Gasteiger partial charge in [0.05, 0.1) is 6.61 Å². The third kappa shape index (κ3) is 5.37. The smallest absolute Gasteiger partial charge is 0.254 e. The van der Waals surface area contributed by atoms with Gasteiger partial charge >= 0.3 is 0 Å². The molecule has 5 heteroatoms. The summed E-state index contributed by atoms with van der Waals surface area (Å²) in [6.45, 7) is 5.24. The van der Waals surface area contributed by atoms with Crippen molar-refractivity contribution in [1.29, 1.82) is 0 Å². The van der Waals surface area contributed by atoms with E-state index in [2.05, 4.69) is 46.4 Å². The van der Waals surface area contributed by atoms with Gasteiger partial charge in [-0.2, -0.15) is 0 Å². The molecule has 1 fully saturated rings. The van der Waals surface area contributed by atoms with Gasteiger partial charge in [0.15, 0.2) is 5.60 Å². The minimum Gasteiger partial charge on any atom is -0.362 e. The Kier molecular flexibility index (Phi) is 6.75. The van der Waals surface area contributed by atoms with Crippen molar-refractivity contribution < 1.29 is 9.53 Å². The fourth-order valence-corrected chi connectivity index (χ4v) is 4.08. The Morgan fingerprint density at radius 2 is 1.84 bits per heavy atom. The Labute approximate surface area is 184 Å². The minimum absolute atomic E-state index is 0.0866. The molecule has 160 valence electrons. The second kappa shape index (κ2) is 9.86. The highest BCUT2D eigenvalue weighted by atomic mass is 16.5. The number of benzene rings is 2. The lowest BCUT2D eigenvalue weighted by Crippen LogP contribution is -2.60. The summed E-state index contributed by atoms with van der Waals surface area (Å²) in [5.74, 6) is -0.0866. The van der Waals surface area contributed by atoms with Crippen LogP contribution in [0.1, 0.15) is 22.4 Å². The van der Waals surface area contributed by atoms with Crippen LogP contribution in [-0.2, 0) is 29.0 Å². The number of morpholine rings is 1. The molecule has 31 heavy (non-hydrogen) atoms. The first-order valence-corrected chi connectivity index (χ1v) is 10.8. The largest absolute Gasteiger partial charge is 0.362 e. The van der Waals surface area contributed by atoms with Gasteiger partial charge in [0.2, 0.25) is 0 Å². The molecule has 1 atom stereocenters. The quantitative estimate of drug-likeness (QED) is 0.642. The van der Waals surface area contributed by atoms with Crippen molar-refractivity contribution in [3.63, 3.8) is 0 Å². The molecule has 2 heterocycles. The van der Waals surface area contributed by atoms with Crippen molar-refractivity contribution in [2.45, 2.75) is 32.0 Å². The van der Waals surface area contributed by atoms with Crippen LogP contribution in [0, 0.1) is 6.92 Å². The molecule has 4 rings (SSSR count). The van der Waals surface area contributed by atoms with Crippen LogP contribution in [0.5, 0.6) is 0 Å². The standard InChI is InChI=1S/C26H29N3O2/c1-21-9-5-6-12-23(21)19-29-15-16-31-26(20-29,17-24-13-7-8-14-27-24)25(30)28-18-22-10-3-2-4-11-22/h2-14H,15-20H2,1H3,(H,28,30). The van der Waals surface area contributed by atoms with Gasteiger partial charge in [-0.1, -0.05) is 60.7 Å². The summed E-state index contributed by atoms with van der Waals surface area (Å²) in [5, 5.41) is 3.11. The summed E-state index contributed by atoms with van der Waals surface area (Å²) in [4.78, 5) is 20.3. The van der Waals surface area contributed by atoms with Crippen molar-refractivity contribution in [3.05, 3.63) is 101 Å². The van der Waals surface area contributed by atoms with Gasteiger partial charge in [-0.05, 0) is 35.7 Å². The van der Waals surface area contributed by atoms with Crippen molar-refractivity contribution in [3.8, 4) is 0 Å². The molecule has 3 aromatic rings. The lowest BCUT2D eigenvalue weighted by atomic mass is 9.92. The zero-order valence-electron chi connectivity index (χ0n) is 18.0. The van der Waals surface area contributed by atoms with Crippen LogP contribution in [0.4, 0.5) is 0 Å². The van der Waals surface area contributed by atoms with E-state index in [-0.39, 0.29) is 5.91 Å². The molecule has 5 nitrogen and oxygen atoms in total. The van der Waals surface area contributed by atoms with Crippen LogP contribution in [0.2, 0.25) is 0 Å². The van der Waals surface area contributed by atoms with Crippen LogP contribution < -0.4 is 5.32 Å². The number of rotatable bonds is 7. The first-order valence-electron chi connectivity index (χ1n) is 10.8. The number of nitrogens with zero attached hydrogens (tertiary/aromatic N) is 2. The van der Waals surface area contributed by atoms with E-state index in [0.717, 1.165) is 24.3 Å². The summed E-state index contributed by atoms with van der Waals surface area (Å²) < 4.78 is 6.22. The SMILES string of the molecule is Cc1ccccc1CN1CCOC(Cc2ccccn2)(C(=O)NCc2ccccc2)C1. The number of carbonyl (C=O) groups excluding carboxylic acids is 1. The summed E-state index contributed by atoms with van der Waals surface area (Å²) >= 11 is 0. The Balaban J connectivity index is 1.54. The average molecular weight is 416 g/mol. The summed E-state index contributed by atoms with van der Waals surface area (Å²) in [5.41, 5.74) is 3.49. The maximum absolute atomic E-state index is 13.5. The molecule has 1 aliphatic heterocycles. The molecule has 1 aliphatic rings. The van der Waals surface area contributed by atoms with E-state index in [1.165, 1.54) is 11.1 Å². The predicted molar refractivity (Wildman–Crippen MR) is 121 cm³/mol. The van der Waals surface area contributed by atoms with E-state index in [4.69, 9.17) is 4.74 Å². The van der Waals surface area contributed by atoms with Crippen LogP contribution in [0.3, 0.4) is 0 Å². The van der Waals surface area contributed by atoms with Gasteiger partial charge in [0, 0.05) is 44.5 Å². The number of ether oxygens (including phenoxy) is 1. The van der Waals surface area contributed by atoms with E-state index in [0.29, 0.717) is 26.1 Å². The molecule has 0 bridgehead atoms. The third-order valence-corrected chi connectivity index (χ3v) is 5.82. The Hall–Kier alpha value is -3.02. The topological polar surface area (TPSA) is 54.5 Å². The van der Waals surface area contributed by atoms with E-state index >= 15 is 0 Å². The molecule has 0 spiro atoms. The maximum Gasteiger partial charge on any atom is 0.254 e. The third-order valence-electron chi connectivity index (χ3n) is 5.82. The molecule has 1 unspecified atom stereocenters. The Bertz CT molecular complexity index is 994. The zero-order valence-corrected chi connectivity index (χ0v) is 18.0. The molecule has 2 aromatic carbocycles. The summed E-state index contributed by atoms with van der Waals surface area (Å²) in [6.07, 6.45) is 2.21. The highest BCUT2D eigenvalue weighted by molar-refractivity contribution is 5.86. The fourth-order valence-electron chi connectivity index (χ4n) is 4.08. The molecule has 1 aromatic heterocycles. The van der Waals surface area contributed by atoms with Crippen molar-refractivity contribution in [2.24, 2.45) is 0 Å². The Morgan fingerprint density at radius 3 is 2.61 bits per heavy atom. The summed E-state index contributed by atoms with van der Waals surface area (Å²) in [7, 11) is 0. The van der Waals surface area contributed by atoms with Gasteiger partial charge in [0.25, 0.3) is 5.91 Å². The predicted octanol–water partition coefficient (Wildman–Crippen LogP) is 3.52. The second-order valence-electron chi connectivity index (χ2n) is 8.15. The highest BCUT2D eigenvalue weighted by Gasteiger charge is 2.44. The molecule has 0 radical (unpaired) electrons. The van der Waals surface area contributed by atoms with E-state index in [9.17, 15) is 4.79 Å². The number of aromatic nitrogens is 1. The molecule has 0 aliphatic carbocycles. The first kappa shape index (κ1) is 21.2. The van der Waals surface area contributed by atoms with Crippen molar-refractivity contribution in [1.82, 2.24) is 15.2 Å². The van der Waals surface area contributed by atoms with Gasteiger partial charge in [0.1, 0.15) is 0 Å². The van der Waals surface area contributed by atoms with Gasteiger partial charge in [-0.15, -0.1) is 0 Å². The minimum atomic E-state index is -0.968. The lowest BCUT2D eigenvalue weighted by molar-refractivity contribution is -0.161. The van der Waals surface area contributed by atoms with Gasteiger partial charge in [-0.25, -0.2) is 0 Å². The lowest BCUT2D eigenvalue weighted by Gasteiger charge is -2.41. The molecule has 1 N–H and O–H groups in total. The maximum atomic E-state index is 13.5. The van der Waals surface area contributed by atoms with Crippen LogP contribution in [-0.4, -0.2) is 41.1 Å². The number of nitrogens with one attached hydrogen (secondary N) is 1. The number of pyridine rings is 1. The van der Waals surface area contributed by atoms with E-state index < -0.39 is 5.60 Å².